The smallest absolute Gasteiger partial charge is 0.251 e. The number of H-pyrrole nitrogens is 1. The fraction of sp³-hybridized carbons (Fsp3) is 0.481. The van der Waals surface area contributed by atoms with E-state index in [9.17, 15) is 19.2 Å². The first-order chi connectivity index (χ1) is 35.5. The van der Waals surface area contributed by atoms with Crippen LogP contribution in [0.4, 0.5) is 5.82 Å². The second-order valence-electron chi connectivity index (χ2n) is 19.1. The molecule has 73 heavy (non-hydrogen) atoms. The van der Waals surface area contributed by atoms with E-state index in [4.69, 9.17) is 31.5 Å². The molecule has 0 radical (unpaired) electrons. The fourth-order valence-electron chi connectivity index (χ4n) is 9.99. The monoisotopic (exact) mass is 1020 g/mol. The lowest BCUT2D eigenvalue weighted by Crippen LogP contribution is -2.60. The maximum atomic E-state index is 13.9. The molecule has 0 saturated carbocycles. The van der Waals surface area contributed by atoms with E-state index in [1.54, 1.807) is 19.5 Å². The molecule has 2 atom stereocenters. The molecule has 5 heterocycles. The van der Waals surface area contributed by atoms with Crippen molar-refractivity contribution in [1.29, 1.82) is 0 Å². The zero-order valence-electron chi connectivity index (χ0n) is 42.1. The van der Waals surface area contributed by atoms with Crippen LogP contribution < -0.4 is 36.1 Å². The highest BCUT2D eigenvalue weighted by Crippen LogP contribution is 2.31. The molecule has 8 rings (SSSR count). The number of hydrogen-bond acceptors (Lipinski definition) is 13. The van der Waals surface area contributed by atoms with Gasteiger partial charge in [0.05, 0.1) is 56.9 Å². The minimum absolute atomic E-state index is 0.0345. The number of rotatable bonds is 22. The third-order valence-corrected chi connectivity index (χ3v) is 14.6. The summed E-state index contributed by atoms with van der Waals surface area (Å²) in [6, 6.07) is 22.6. The Kier molecular flexibility index (Phi) is 18.6. The molecule has 6 N–H and O–H groups in total. The van der Waals surface area contributed by atoms with Crippen LogP contribution in [0.1, 0.15) is 84.5 Å². The number of nitrogens with two attached hydrogens (primary N) is 1. The fourth-order valence-corrected chi connectivity index (χ4v) is 10.1. The largest absolute Gasteiger partial charge is 0.497 e. The van der Waals surface area contributed by atoms with E-state index < -0.39 is 5.54 Å². The van der Waals surface area contributed by atoms with Gasteiger partial charge in [0, 0.05) is 106 Å². The first kappa shape index (κ1) is 53.0. The van der Waals surface area contributed by atoms with Gasteiger partial charge in [-0.2, -0.15) is 0 Å². The first-order valence-corrected chi connectivity index (χ1v) is 26.0. The number of carbonyl (C=O) groups is 4. The van der Waals surface area contributed by atoms with E-state index in [2.05, 4.69) is 40.7 Å². The summed E-state index contributed by atoms with van der Waals surface area (Å²) in [6.07, 6.45) is 7.09. The standard InChI is InChI=1S/C54H70ClN11O7/c1-3-73-47-33-44(71-2)14-11-41(47)34-57-35-49(68)66-22-5-8-42(36-66)39-6-4-7-40(32-39)52(69)59-21-31-72-30-17-48(67)64-28-26-63(27-29-64)23-16-46(38-9-12-43(55)13-10-38)62-53(70)54(56)18-24-65(25-19-54)51-45-15-20-58-50(45)60-37-61-51/h4,6-7,9-15,20,32-33,37,42,46,57H,3,5,8,16-19,21-31,34-36,56H2,1-2H3,(H,59,69)(H,62,70)(H,58,60,61)/t42?,46-/m0/s1. The van der Waals surface area contributed by atoms with Gasteiger partial charge in [0.1, 0.15) is 29.3 Å². The number of amides is 4. The SMILES string of the molecule is CCOc1cc(OC)ccc1CNCC(=O)N1CCCC(c2cccc(C(=O)NCCOCCC(=O)N3CCN(CC[C@H](NC(=O)C4(N)CCN(c5ncnc6[nH]ccc56)CC4)c4ccc(Cl)cc4)CC3)c2)C1. The summed E-state index contributed by atoms with van der Waals surface area (Å²) in [4.78, 5) is 73.8. The summed E-state index contributed by atoms with van der Waals surface area (Å²) in [6.45, 7) is 9.84. The molecule has 0 bridgehead atoms. The predicted octanol–water partition coefficient (Wildman–Crippen LogP) is 5.04. The third kappa shape index (κ3) is 14.1. The van der Waals surface area contributed by atoms with Crippen molar-refractivity contribution >= 4 is 52.1 Å². The Labute approximate surface area is 432 Å². The van der Waals surface area contributed by atoms with E-state index in [0.717, 1.165) is 64.4 Å². The molecule has 390 valence electrons. The number of likely N-dealkylation sites (tertiary alicyclic amines) is 1. The number of methoxy groups -OCH3 is 1. The van der Waals surface area contributed by atoms with E-state index in [1.165, 1.54) is 0 Å². The number of nitrogens with one attached hydrogen (secondary N) is 4. The van der Waals surface area contributed by atoms with Gasteiger partial charge in [-0.3, -0.25) is 24.1 Å². The minimum Gasteiger partial charge on any atom is -0.497 e. The van der Waals surface area contributed by atoms with Crippen LogP contribution in [0.15, 0.2) is 85.3 Å². The lowest BCUT2D eigenvalue weighted by Gasteiger charge is -2.39. The number of aromatic nitrogens is 3. The summed E-state index contributed by atoms with van der Waals surface area (Å²) in [7, 11) is 1.62. The highest BCUT2D eigenvalue weighted by Gasteiger charge is 2.39. The molecule has 3 saturated heterocycles. The number of nitrogens with zero attached hydrogens (tertiary/aromatic N) is 6. The number of piperidine rings is 2. The molecule has 4 amide bonds. The minimum atomic E-state index is -1.03. The van der Waals surface area contributed by atoms with Crippen LogP contribution in [-0.2, 0) is 25.7 Å². The molecular weight excluding hydrogens is 950 g/mol. The molecule has 18 nitrogen and oxygen atoms in total. The normalized spacial score (nSPS) is 17.5. The maximum Gasteiger partial charge on any atom is 0.251 e. The van der Waals surface area contributed by atoms with Crippen LogP contribution in [0.2, 0.25) is 5.02 Å². The van der Waals surface area contributed by atoms with E-state index in [0.29, 0.717) is 102 Å². The van der Waals surface area contributed by atoms with Crippen molar-refractivity contribution in [2.75, 3.05) is 104 Å². The maximum absolute atomic E-state index is 13.9. The van der Waals surface area contributed by atoms with Gasteiger partial charge in [0.2, 0.25) is 17.7 Å². The molecule has 3 aromatic carbocycles. The Morgan fingerprint density at radius 1 is 0.918 bits per heavy atom. The van der Waals surface area contributed by atoms with Crippen molar-refractivity contribution < 1.29 is 33.4 Å². The Morgan fingerprint density at radius 3 is 2.51 bits per heavy atom. The topological polar surface area (TPSA) is 213 Å². The Hall–Kier alpha value is -6.31. The third-order valence-electron chi connectivity index (χ3n) is 14.3. The van der Waals surface area contributed by atoms with Crippen molar-refractivity contribution in [3.8, 4) is 11.5 Å². The van der Waals surface area contributed by atoms with Gasteiger partial charge in [-0.05, 0) is 86.6 Å². The Bertz CT molecular complexity index is 2640. The van der Waals surface area contributed by atoms with Crippen molar-refractivity contribution in [2.24, 2.45) is 5.73 Å². The number of halogens is 1. The molecule has 0 aliphatic carbocycles. The molecule has 1 unspecified atom stereocenters. The van der Waals surface area contributed by atoms with Crippen LogP contribution in [0, 0.1) is 0 Å². The van der Waals surface area contributed by atoms with Crippen LogP contribution in [-0.4, -0.2) is 158 Å². The van der Waals surface area contributed by atoms with Gasteiger partial charge in [0.15, 0.2) is 0 Å². The van der Waals surface area contributed by atoms with E-state index in [1.807, 2.05) is 89.7 Å². The summed E-state index contributed by atoms with van der Waals surface area (Å²) in [5.41, 5.74) is 10.1. The van der Waals surface area contributed by atoms with Gasteiger partial charge >= 0.3 is 0 Å². The van der Waals surface area contributed by atoms with Crippen molar-refractivity contribution in [1.82, 2.24) is 45.6 Å². The summed E-state index contributed by atoms with van der Waals surface area (Å²) >= 11 is 6.25. The van der Waals surface area contributed by atoms with Crippen molar-refractivity contribution in [2.45, 2.75) is 69.5 Å². The molecule has 0 spiro atoms. The van der Waals surface area contributed by atoms with Crippen LogP contribution in [0.3, 0.4) is 0 Å². The van der Waals surface area contributed by atoms with Gasteiger partial charge < -0.3 is 55.6 Å². The van der Waals surface area contributed by atoms with Gasteiger partial charge in [-0.25, -0.2) is 9.97 Å². The number of piperazine rings is 1. The summed E-state index contributed by atoms with van der Waals surface area (Å²) in [5, 5.41) is 11.1. The zero-order chi connectivity index (χ0) is 51.2. The van der Waals surface area contributed by atoms with E-state index in [-0.39, 0.29) is 61.8 Å². The summed E-state index contributed by atoms with van der Waals surface area (Å²) in [5.74, 6) is 2.12. The number of hydrogen-bond donors (Lipinski definition) is 5. The van der Waals surface area contributed by atoms with E-state index >= 15 is 0 Å². The van der Waals surface area contributed by atoms with Crippen molar-refractivity contribution in [3.63, 3.8) is 0 Å². The molecule has 19 heteroatoms. The molecule has 2 aromatic heterocycles. The highest BCUT2D eigenvalue weighted by atomic mass is 35.5. The zero-order valence-corrected chi connectivity index (χ0v) is 42.8. The van der Waals surface area contributed by atoms with Gasteiger partial charge in [-0.15, -0.1) is 0 Å². The molecule has 3 aliphatic heterocycles. The second-order valence-corrected chi connectivity index (χ2v) is 19.5. The Morgan fingerprint density at radius 2 is 1.73 bits per heavy atom. The predicted molar refractivity (Wildman–Crippen MR) is 281 cm³/mol. The van der Waals surface area contributed by atoms with Crippen LogP contribution >= 0.6 is 11.6 Å². The number of ether oxygens (including phenoxy) is 3. The quantitative estimate of drug-likeness (QED) is 0.0576. The second kappa shape index (κ2) is 25.6. The average Bonchev–Trinajstić information content (AvgIpc) is 3.91. The van der Waals surface area contributed by atoms with Crippen molar-refractivity contribution in [3.05, 3.63) is 113 Å². The lowest BCUT2D eigenvalue weighted by atomic mass is 9.87. The summed E-state index contributed by atoms with van der Waals surface area (Å²) < 4.78 is 16.9. The average molecular weight is 1020 g/mol. The van der Waals surface area contributed by atoms with Crippen LogP contribution in [0.25, 0.3) is 11.0 Å². The number of fused-ring (bicyclic) bond motifs is 1. The molecule has 5 aromatic rings. The van der Waals surface area contributed by atoms with Gasteiger partial charge in [-0.1, -0.05) is 41.9 Å². The number of carbonyl (C=O) groups excluding carboxylic acids is 4. The highest BCUT2D eigenvalue weighted by molar-refractivity contribution is 6.30. The molecular formula is C54H70ClN11O7. The first-order valence-electron chi connectivity index (χ1n) is 25.6. The molecule has 3 aliphatic rings. The Balaban J connectivity index is 0.714. The van der Waals surface area contributed by atoms with Gasteiger partial charge in [0.25, 0.3) is 5.91 Å². The number of benzene rings is 3. The van der Waals surface area contributed by atoms with Crippen LogP contribution in [0.5, 0.6) is 11.5 Å². The number of anilines is 1. The molecule has 3 fully saturated rings. The lowest BCUT2D eigenvalue weighted by molar-refractivity contribution is -0.134. The number of aromatic amines is 1.